The van der Waals surface area contributed by atoms with Crippen molar-refractivity contribution in [3.05, 3.63) is 22.8 Å². The minimum absolute atomic E-state index is 0.534. The molecule has 0 amide bonds. The number of benzene rings is 1. The molecule has 0 unspecified atom stereocenters. The third-order valence-corrected chi connectivity index (χ3v) is 2.84. The van der Waals surface area contributed by atoms with Crippen LogP contribution in [0.15, 0.2) is 16.1 Å². The topological polar surface area (TPSA) is 58.9 Å². The fourth-order valence-electron chi connectivity index (χ4n) is 2.06. The van der Waals surface area contributed by atoms with Crippen LogP contribution in [-0.4, -0.2) is 12.2 Å². The van der Waals surface area contributed by atoms with Crippen molar-refractivity contribution in [3.63, 3.8) is 0 Å². The second-order valence-corrected chi connectivity index (χ2v) is 3.61. The first-order valence-corrected chi connectivity index (χ1v) is 5.50. The predicted octanol–water partition coefficient (Wildman–Crippen LogP) is 3.05. The van der Waals surface area contributed by atoms with Gasteiger partial charge >= 0.3 is 0 Å². The number of rotatable bonds is 4. The Kier molecular flexibility index (Phi) is 4.53. The van der Waals surface area contributed by atoms with Crippen LogP contribution < -0.4 is 0 Å². The number of hydrogen-bond donors (Lipinski definition) is 0. The minimum Gasteiger partial charge on any atom is -0.211 e. The maximum absolute atomic E-state index is 10.4. The van der Waals surface area contributed by atoms with E-state index in [9.17, 15) is 9.59 Å². The number of hydrogen-bond acceptors (Lipinski definition) is 4. The molecule has 17 heavy (non-hydrogen) atoms. The summed E-state index contributed by atoms with van der Waals surface area (Å²) in [6, 6.07) is 1.64. The maximum Gasteiger partial charge on any atom is 0.240 e. The lowest BCUT2D eigenvalue weighted by Gasteiger charge is -2.13. The average molecular weight is 230 g/mol. The number of nitrogens with zero attached hydrogens (tertiary/aromatic N) is 2. The van der Waals surface area contributed by atoms with E-state index in [2.05, 4.69) is 9.98 Å². The van der Waals surface area contributed by atoms with Gasteiger partial charge in [0.05, 0.1) is 11.4 Å². The quantitative estimate of drug-likeness (QED) is 0.589. The molecule has 88 valence electrons. The Bertz CT molecular complexity index is 478. The number of aliphatic imine (C=N–C) groups is 2. The van der Waals surface area contributed by atoms with Gasteiger partial charge in [0.25, 0.3) is 0 Å². The molecule has 0 fully saturated rings. The van der Waals surface area contributed by atoms with Crippen LogP contribution in [0.2, 0.25) is 0 Å². The van der Waals surface area contributed by atoms with Crippen molar-refractivity contribution in [2.45, 2.75) is 33.6 Å². The van der Waals surface area contributed by atoms with Gasteiger partial charge in [-0.05, 0) is 42.5 Å². The zero-order chi connectivity index (χ0) is 12.8. The third-order valence-electron chi connectivity index (χ3n) is 2.84. The highest BCUT2D eigenvalue weighted by Crippen LogP contribution is 2.34. The molecule has 0 N–H and O–H groups in total. The van der Waals surface area contributed by atoms with E-state index < -0.39 is 0 Å². The van der Waals surface area contributed by atoms with E-state index >= 15 is 0 Å². The van der Waals surface area contributed by atoms with Gasteiger partial charge in [-0.2, -0.15) is 9.98 Å². The van der Waals surface area contributed by atoms with Crippen molar-refractivity contribution in [1.29, 1.82) is 0 Å². The first-order valence-electron chi connectivity index (χ1n) is 5.50. The summed E-state index contributed by atoms with van der Waals surface area (Å²) < 4.78 is 0. The van der Waals surface area contributed by atoms with Gasteiger partial charge in [0.1, 0.15) is 0 Å². The zero-order valence-electron chi connectivity index (χ0n) is 10.2. The van der Waals surface area contributed by atoms with Gasteiger partial charge in [-0.25, -0.2) is 9.59 Å². The van der Waals surface area contributed by atoms with Crippen LogP contribution in [0, 0.1) is 6.92 Å². The first-order chi connectivity index (χ1) is 8.19. The summed E-state index contributed by atoms with van der Waals surface area (Å²) in [6.07, 6.45) is 4.59. The normalized spacial score (nSPS) is 9.35. The Morgan fingerprint density at radius 2 is 1.41 bits per heavy atom. The fraction of sp³-hybridized carbons (Fsp3) is 0.385. The highest BCUT2D eigenvalue weighted by atomic mass is 16.1. The summed E-state index contributed by atoms with van der Waals surface area (Å²) >= 11 is 0. The number of isocyanates is 2. The Balaban J connectivity index is 3.64. The molecule has 0 aliphatic rings. The highest BCUT2D eigenvalue weighted by Gasteiger charge is 2.12. The summed E-state index contributed by atoms with van der Waals surface area (Å²) in [5, 5.41) is 0. The predicted molar refractivity (Wildman–Crippen MR) is 65.5 cm³/mol. The van der Waals surface area contributed by atoms with Crippen molar-refractivity contribution < 1.29 is 9.59 Å². The Morgan fingerprint density at radius 1 is 1.00 bits per heavy atom. The summed E-state index contributed by atoms with van der Waals surface area (Å²) in [7, 11) is 0. The van der Waals surface area contributed by atoms with Gasteiger partial charge < -0.3 is 0 Å². The zero-order valence-corrected chi connectivity index (χ0v) is 10.2. The monoisotopic (exact) mass is 230 g/mol. The standard InChI is InChI=1S/C13H14N2O2/c1-4-10-9(3)11(5-2)13(15-8-17)6-12(10)14-7-16/h6H,4-5H2,1-3H3. The van der Waals surface area contributed by atoms with Crippen molar-refractivity contribution in [1.82, 2.24) is 0 Å². The average Bonchev–Trinajstić information content (AvgIpc) is 2.30. The molecule has 0 atom stereocenters. The molecule has 0 aliphatic carbocycles. The largest absolute Gasteiger partial charge is 0.240 e. The summed E-state index contributed by atoms with van der Waals surface area (Å²) in [5.41, 5.74) is 4.09. The molecule has 1 aromatic rings. The second kappa shape index (κ2) is 5.90. The first kappa shape index (κ1) is 13.0. The Morgan fingerprint density at radius 3 is 1.71 bits per heavy atom. The second-order valence-electron chi connectivity index (χ2n) is 3.61. The lowest BCUT2D eigenvalue weighted by Crippen LogP contribution is -1.95. The molecule has 4 heteroatoms. The van der Waals surface area contributed by atoms with Crippen molar-refractivity contribution >= 4 is 23.5 Å². The lowest BCUT2D eigenvalue weighted by molar-refractivity contribution is 0.564. The van der Waals surface area contributed by atoms with E-state index in [1.807, 2.05) is 20.8 Å². The summed E-state index contributed by atoms with van der Waals surface area (Å²) in [5.74, 6) is 0. The van der Waals surface area contributed by atoms with Gasteiger partial charge in [0.2, 0.25) is 12.2 Å². The van der Waals surface area contributed by atoms with E-state index in [-0.39, 0.29) is 0 Å². The van der Waals surface area contributed by atoms with E-state index in [1.165, 1.54) is 12.2 Å². The molecule has 4 nitrogen and oxygen atoms in total. The molecular weight excluding hydrogens is 216 g/mol. The molecule has 0 saturated carbocycles. The molecule has 0 aromatic heterocycles. The van der Waals surface area contributed by atoms with Crippen LogP contribution in [0.1, 0.15) is 30.5 Å². The summed E-state index contributed by atoms with van der Waals surface area (Å²) in [6.45, 7) is 5.94. The summed E-state index contributed by atoms with van der Waals surface area (Å²) in [4.78, 5) is 28.1. The van der Waals surface area contributed by atoms with Gasteiger partial charge in [-0.15, -0.1) is 0 Å². The van der Waals surface area contributed by atoms with E-state index in [0.717, 1.165) is 29.5 Å². The molecular formula is C13H14N2O2. The molecule has 0 heterocycles. The lowest BCUT2D eigenvalue weighted by atomic mass is 9.95. The van der Waals surface area contributed by atoms with Gasteiger partial charge in [0.15, 0.2) is 0 Å². The molecule has 1 rings (SSSR count). The number of carbonyl (C=O) groups excluding carboxylic acids is 2. The fourth-order valence-corrected chi connectivity index (χ4v) is 2.06. The van der Waals surface area contributed by atoms with Crippen LogP contribution in [0.5, 0.6) is 0 Å². The van der Waals surface area contributed by atoms with Crippen molar-refractivity contribution in [2.75, 3.05) is 0 Å². The molecule has 1 aromatic carbocycles. The van der Waals surface area contributed by atoms with E-state index in [1.54, 1.807) is 6.07 Å². The molecule has 0 radical (unpaired) electrons. The van der Waals surface area contributed by atoms with Gasteiger partial charge in [-0.3, -0.25) is 0 Å². The molecule has 0 spiro atoms. The maximum atomic E-state index is 10.4. The van der Waals surface area contributed by atoms with Crippen LogP contribution in [0.3, 0.4) is 0 Å². The third kappa shape index (κ3) is 2.56. The molecule has 0 aliphatic heterocycles. The van der Waals surface area contributed by atoms with Crippen LogP contribution in [0.25, 0.3) is 0 Å². The SMILES string of the molecule is CCc1c(N=C=O)cc(N=C=O)c(CC)c1C. The van der Waals surface area contributed by atoms with Crippen LogP contribution in [0.4, 0.5) is 11.4 Å². The van der Waals surface area contributed by atoms with Crippen molar-refractivity contribution in [2.24, 2.45) is 9.98 Å². The van der Waals surface area contributed by atoms with Gasteiger partial charge in [0, 0.05) is 0 Å². The van der Waals surface area contributed by atoms with E-state index in [4.69, 9.17) is 0 Å². The molecule has 0 saturated heterocycles. The Labute approximate surface area is 100 Å². The van der Waals surface area contributed by atoms with Crippen LogP contribution >= 0.6 is 0 Å². The smallest absolute Gasteiger partial charge is 0.211 e. The highest BCUT2D eigenvalue weighted by molar-refractivity contribution is 5.68. The van der Waals surface area contributed by atoms with Crippen molar-refractivity contribution in [3.8, 4) is 0 Å². The van der Waals surface area contributed by atoms with Gasteiger partial charge in [-0.1, -0.05) is 13.8 Å². The van der Waals surface area contributed by atoms with Crippen LogP contribution in [-0.2, 0) is 22.4 Å². The Hall–Kier alpha value is -2.02. The van der Waals surface area contributed by atoms with E-state index in [0.29, 0.717) is 11.4 Å². The minimum atomic E-state index is 0.534. The molecule has 0 bridgehead atoms.